The summed E-state index contributed by atoms with van der Waals surface area (Å²) in [7, 11) is 0. The lowest BCUT2D eigenvalue weighted by Gasteiger charge is -2.08. The molecule has 5 heteroatoms. The van der Waals surface area contributed by atoms with Crippen LogP contribution in [0.2, 0.25) is 0 Å². The molecule has 0 saturated carbocycles. The highest BCUT2D eigenvalue weighted by Gasteiger charge is 2.08. The Bertz CT molecular complexity index is 438. The van der Waals surface area contributed by atoms with Gasteiger partial charge >= 0.3 is 0 Å². The molecule has 0 aliphatic carbocycles. The van der Waals surface area contributed by atoms with E-state index in [1.165, 1.54) is 0 Å². The van der Waals surface area contributed by atoms with Gasteiger partial charge < -0.3 is 16.4 Å². The van der Waals surface area contributed by atoms with Gasteiger partial charge in [0.2, 0.25) is 5.91 Å². The Morgan fingerprint density at radius 1 is 1.39 bits per heavy atom. The van der Waals surface area contributed by atoms with Crippen LogP contribution in [0.5, 0.6) is 0 Å². The van der Waals surface area contributed by atoms with Gasteiger partial charge in [-0.3, -0.25) is 9.59 Å². The number of nitrogens with one attached hydrogen (secondary N) is 2. The zero-order valence-electron chi connectivity index (χ0n) is 10.3. The monoisotopic (exact) mass is 247 g/mol. The third kappa shape index (κ3) is 4.03. The molecule has 1 rings (SSSR count). The van der Waals surface area contributed by atoms with Crippen molar-refractivity contribution >= 4 is 17.5 Å². The Kier molecular flexibility index (Phi) is 5.07. The van der Waals surface area contributed by atoms with Gasteiger partial charge in [-0.25, -0.2) is 0 Å². The van der Waals surface area contributed by atoms with Crippen LogP contribution in [0.4, 0.5) is 5.69 Å². The van der Waals surface area contributed by atoms with Crippen LogP contribution >= 0.6 is 0 Å². The van der Waals surface area contributed by atoms with Crippen molar-refractivity contribution in [1.82, 2.24) is 5.32 Å². The molecule has 0 aromatic heterocycles. The number of carbonyl (C=O) groups excluding carboxylic acids is 2. The average Bonchev–Trinajstić information content (AvgIpc) is 2.36. The topological polar surface area (TPSA) is 84.2 Å². The highest BCUT2D eigenvalue weighted by molar-refractivity contribution is 5.96. The van der Waals surface area contributed by atoms with E-state index in [4.69, 9.17) is 5.73 Å². The lowest BCUT2D eigenvalue weighted by molar-refractivity contribution is -0.117. The van der Waals surface area contributed by atoms with Gasteiger partial charge in [-0.15, -0.1) is 6.58 Å². The SMILES string of the molecule is C=CCNC(=O)c1ccc(NC(=O)[C@H](C)N)cc1. The molecular weight excluding hydrogens is 230 g/mol. The smallest absolute Gasteiger partial charge is 0.251 e. The Hall–Kier alpha value is -2.14. The molecule has 0 bridgehead atoms. The van der Waals surface area contributed by atoms with E-state index in [1.54, 1.807) is 37.3 Å². The van der Waals surface area contributed by atoms with E-state index in [9.17, 15) is 9.59 Å². The number of nitrogens with two attached hydrogens (primary N) is 1. The molecule has 0 radical (unpaired) electrons. The largest absolute Gasteiger partial charge is 0.349 e. The van der Waals surface area contributed by atoms with E-state index in [2.05, 4.69) is 17.2 Å². The molecule has 0 heterocycles. The first-order chi connectivity index (χ1) is 8.54. The van der Waals surface area contributed by atoms with Gasteiger partial charge in [0, 0.05) is 17.8 Å². The summed E-state index contributed by atoms with van der Waals surface area (Å²) in [4.78, 5) is 22.9. The molecule has 0 spiro atoms. The van der Waals surface area contributed by atoms with Crippen molar-refractivity contribution < 1.29 is 9.59 Å². The van der Waals surface area contributed by atoms with Crippen molar-refractivity contribution in [3.63, 3.8) is 0 Å². The van der Waals surface area contributed by atoms with E-state index in [-0.39, 0.29) is 11.8 Å². The number of carbonyl (C=O) groups is 2. The minimum Gasteiger partial charge on any atom is -0.349 e. The van der Waals surface area contributed by atoms with E-state index < -0.39 is 6.04 Å². The molecule has 0 saturated heterocycles. The van der Waals surface area contributed by atoms with Gasteiger partial charge in [-0.1, -0.05) is 6.08 Å². The average molecular weight is 247 g/mol. The summed E-state index contributed by atoms with van der Waals surface area (Å²) in [6.07, 6.45) is 1.61. The van der Waals surface area contributed by atoms with Gasteiger partial charge in [-0.05, 0) is 31.2 Å². The summed E-state index contributed by atoms with van der Waals surface area (Å²) in [5.41, 5.74) is 6.56. The second kappa shape index (κ2) is 6.56. The Morgan fingerprint density at radius 2 is 2.00 bits per heavy atom. The summed E-state index contributed by atoms with van der Waals surface area (Å²) in [6.45, 7) is 5.54. The summed E-state index contributed by atoms with van der Waals surface area (Å²) >= 11 is 0. The maximum absolute atomic E-state index is 11.6. The molecule has 18 heavy (non-hydrogen) atoms. The lowest BCUT2D eigenvalue weighted by atomic mass is 10.2. The molecule has 0 aliphatic heterocycles. The quantitative estimate of drug-likeness (QED) is 0.675. The maximum Gasteiger partial charge on any atom is 0.251 e. The molecule has 5 nitrogen and oxygen atoms in total. The predicted octanol–water partition coefficient (Wildman–Crippen LogP) is 0.888. The summed E-state index contributed by atoms with van der Waals surface area (Å²) < 4.78 is 0. The number of amides is 2. The molecule has 4 N–H and O–H groups in total. The zero-order chi connectivity index (χ0) is 13.5. The summed E-state index contributed by atoms with van der Waals surface area (Å²) in [6, 6.07) is 6.01. The number of rotatable bonds is 5. The molecule has 0 fully saturated rings. The molecule has 0 unspecified atom stereocenters. The zero-order valence-corrected chi connectivity index (χ0v) is 10.3. The van der Waals surface area contributed by atoms with Crippen LogP contribution in [-0.4, -0.2) is 24.4 Å². The van der Waals surface area contributed by atoms with Crippen LogP contribution < -0.4 is 16.4 Å². The minimum absolute atomic E-state index is 0.181. The molecule has 1 aromatic rings. The maximum atomic E-state index is 11.6. The van der Waals surface area contributed by atoms with Crippen molar-refractivity contribution in [2.75, 3.05) is 11.9 Å². The summed E-state index contributed by atoms with van der Waals surface area (Å²) in [5, 5.41) is 5.30. The van der Waals surface area contributed by atoms with Gasteiger partial charge in [0.05, 0.1) is 6.04 Å². The lowest BCUT2D eigenvalue weighted by Crippen LogP contribution is -2.32. The van der Waals surface area contributed by atoms with Crippen LogP contribution in [0.3, 0.4) is 0 Å². The first-order valence-electron chi connectivity index (χ1n) is 5.60. The number of benzene rings is 1. The van der Waals surface area contributed by atoms with Crippen molar-refractivity contribution in [3.8, 4) is 0 Å². The van der Waals surface area contributed by atoms with Crippen molar-refractivity contribution in [2.24, 2.45) is 5.73 Å². The first kappa shape index (κ1) is 13.9. The van der Waals surface area contributed by atoms with E-state index in [0.29, 0.717) is 17.8 Å². The fraction of sp³-hybridized carbons (Fsp3) is 0.231. The third-order valence-electron chi connectivity index (χ3n) is 2.24. The Balaban J connectivity index is 2.65. The van der Waals surface area contributed by atoms with Crippen LogP contribution in [-0.2, 0) is 4.79 Å². The molecule has 0 aliphatic rings. The predicted molar refractivity (Wildman–Crippen MR) is 71.3 cm³/mol. The molecular formula is C13H17N3O2. The fourth-order valence-electron chi connectivity index (χ4n) is 1.23. The number of anilines is 1. The fourth-order valence-corrected chi connectivity index (χ4v) is 1.23. The second-order valence-corrected chi connectivity index (χ2v) is 3.85. The van der Waals surface area contributed by atoms with Crippen LogP contribution in [0, 0.1) is 0 Å². The van der Waals surface area contributed by atoms with Crippen LogP contribution in [0.25, 0.3) is 0 Å². The van der Waals surface area contributed by atoms with E-state index >= 15 is 0 Å². The van der Waals surface area contributed by atoms with E-state index in [1.807, 2.05) is 0 Å². The summed E-state index contributed by atoms with van der Waals surface area (Å²) in [5.74, 6) is -0.446. The number of hydrogen-bond acceptors (Lipinski definition) is 3. The Morgan fingerprint density at radius 3 is 2.50 bits per heavy atom. The minimum atomic E-state index is -0.569. The standard InChI is InChI=1S/C13H17N3O2/c1-3-8-15-13(18)10-4-6-11(7-5-10)16-12(17)9(2)14/h3-7,9H,1,8,14H2,2H3,(H,15,18)(H,16,17)/t9-/m0/s1. The van der Waals surface area contributed by atoms with Gasteiger partial charge in [0.25, 0.3) is 5.91 Å². The first-order valence-corrected chi connectivity index (χ1v) is 5.60. The third-order valence-corrected chi connectivity index (χ3v) is 2.24. The molecule has 1 aromatic carbocycles. The highest BCUT2D eigenvalue weighted by Crippen LogP contribution is 2.09. The number of hydrogen-bond donors (Lipinski definition) is 3. The van der Waals surface area contributed by atoms with Crippen LogP contribution in [0.15, 0.2) is 36.9 Å². The highest BCUT2D eigenvalue weighted by atomic mass is 16.2. The second-order valence-electron chi connectivity index (χ2n) is 3.85. The Labute approximate surface area is 106 Å². The van der Waals surface area contributed by atoms with E-state index in [0.717, 1.165) is 0 Å². The molecule has 96 valence electrons. The van der Waals surface area contributed by atoms with Crippen molar-refractivity contribution in [3.05, 3.63) is 42.5 Å². The van der Waals surface area contributed by atoms with Crippen LogP contribution in [0.1, 0.15) is 17.3 Å². The normalized spacial score (nSPS) is 11.4. The van der Waals surface area contributed by atoms with Crippen molar-refractivity contribution in [2.45, 2.75) is 13.0 Å². The van der Waals surface area contributed by atoms with Gasteiger partial charge in [0.1, 0.15) is 0 Å². The van der Waals surface area contributed by atoms with Crippen molar-refractivity contribution in [1.29, 1.82) is 0 Å². The molecule has 1 atom stereocenters. The van der Waals surface area contributed by atoms with Gasteiger partial charge in [-0.2, -0.15) is 0 Å². The molecule has 2 amide bonds. The van der Waals surface area contributed by atoms with Gasteiger partial charge in [0.15, 0.2) is 0 Å².